The van der Waals surface area contributed by atoms with Crippen LogP contribution in [0.3, 0.4) is 0 Å². The normalized spacial score (nSPS) is 10.2. The number of aromatic nitrogens is 1. The van der Waals surface area contributed by atoms with Crippen molar-refractivity contribution < 1.29 is 9.59 Å². The summed E-state index contributed by atoms with van der Waals surface area (Å²) in [5, 5.41) is 7.10. The van der Waals surface area contributed by atoms with Gasteiger partial charge < -0.3 is 10.6 Å². The Balaban J connectivity index is 2.01. The van der Waals surface area contributed by atoms with Crippen molar-refractivity contribution in [2.24, 2.45) is 0 Å². The summed E-state index contributed by atoms with van der Waals surface area (Å²) in [5.74, 6) is -0.380. The number of amides is 2. The van der Waals surface area contributed by atoms with E-state index in [2.05, 4.69) is 15.6 Å². The molecule has 98 valence electrons. The van der Waals surface area contributed by atoms with E-state index in [1.54, 1.807) is 12.4 Å². The van der Waals surface area contributed by atoms with Crippen LogP contribution in [0.4, 0.5) is 0 Å². The minimum absolute atomic E-state index is 0.00678. The summed E-state index contributed by atoms with van der Waals surface area (Å²) in [5.41, 5.74) is 0.910. The molecule has 2 aromatic rings. The molecule has 5 nitrogen and oxygen atoms in total. The van der Waals surface area contributed by atoms with E-state index in [1.807, 2.05) is 24.3 Å². The van der Waals surface area contributed by atoms with Crippen molar-refractivity contribution in [1.29, 1.82) is 0 Å². The number of hydrogen-bond donors (Lipinski definition) is 2. The molecule has 2 N–H and O–H groups in total. The minimum atomic E-state index is -0.210. The lowest BCUT2D eigenvalue weighted by Gasteiger charge is -2.05. The zero-order chi connectivity index (χ0) is 13.7. The third-order valence-electron chi connectivity index (χ3n) is 2.79. The summed E-state index contributed by atoms with van der Waals surface area (Å²) in [7, 11) is 1.53. The number of likely N-dealkylation sites (N-methyl/N-ethyl adjacent to an activating group) is 1. The lowest BCUT2D eigenvalue weighted by atomic mass is 10.1. The van der Waals surface area contributed by atoms with Crippen LogP contribution in [0, 0.1) is 0 Å². The second kappa shape index (κ2) is 5.95. The van der Waals surface area contributed by atoms with Gasteiger partial charge in [-0.15, -0.1) is 0 Å². The molecule has 2 amide bonds. The van der Waals surface area contributed by atoms with E-state index in [9.17, 15) is 9.59 Å². The first-order valence-electron chi connectivity index (χ1n) is 5.99. The third kappa shape index (κ3) is 3.51. The molecule has 0 unspecified atom stereocenters. The van der Waals surface area contributed by atoms with E-state index in [4.69, 9.17) is 0 Å². The molecule has 5 heteroatoms. The predicted molar refractivity (Wildman–Crippen MR) is 72.5 cm³/mol. The van der Waals surface area contributed by atoms with Gasteiger partial charge in [0.05, 0.1) is 13.0 Å². The Kier molecular flexibility index (Phi) is 4.07. The second-order valence-electron chi connectivity index (χ2n) is 4.18. The maximum Gasteiger partial charge on any atom is 0.239 e. The Morgan fingerprint density at radius 2 is 2.00 bits per heavy atom. The first kappa shape index (κ1) is 13.0. The molecule has 0 aliphatic rings. The monoisotopic (exact) mass is 257 g/mol. The number of carbonyl (C=O) groups is 2. The fourth-order valence-corrected chi connectivity index (χ4v) is 1.76. The fraction of sp³-hybridized carbons (Fsp3) is 0.214. The van der Waals surface area contributed by atoms with E-state index in [0.717, 1.165) is 16.3 Å². The topological polar surface area (TPSA) is 71.1 Å². The van der Waals surface area contributed by atoms with Crippen molar-refractivity contribution >= 4 is 22.6 Å². The lowest BCUT2D eigenvalue weighted by molar-refractivity contribution is -0.125. The Labute approximate surface area is 111 Å². The Morgan fingerprint density at radius 1 is 1.16 bits per heavy atom. The highest BCUT2D eigenvalue weighted by atomic mass is 16.2. The number of rotatable bonds is 4. The van der Waals surface area contributed by atoms with Crippen LogP contribution in [-0.2, 0) is 16.0 Å². The Hall–Kier alpha value is -2.43. The van der Waals surface area contributed by atoms with Crippen molar-refractivity contribution in [1.82, 2.24) is 15.6 Å². The molecule has 1 heterocycles. The van der Waals surface area contributed by atoms with Crippen LogP contribution >= 0.6 is 0 Å². The van der Waals surface area contributed by atoms with Gasteiger partial charge in [-0.2, -0.15) is 0 Å². The number of hydrogen-bond acceptors (Lipinski definition) is 3. The molecule has 0 saturated heterocycles. The molecule has 1 aromatic carbocycles. The smallest absolute Gasteiger partial charge is 0.239 e. The van der Waals surface area contributed by atoms with E-state index in [-0.39, 0.29) is 24.8 Å². The minimum Gasteiger partial charge on any atom is -0.358 e. The molecule has 2 rings (SSSR count). The van der Waals surface area contributed by atoms with E-state index in [0.29, 0.717) is 0 Å². The zero-order valence-electron chi connectivity index (χ0n) is 10.6. The van der Waals surface area contributed by atoms with Crippen molar-refractivity contribution in [3.8, 4) is 0 Å². The standard InChI is InChI=1S/C14H15N3O2/c1-15-14(19)9-17-13(18)7-10-2-3-12-8-16-5-4-11(12)6-10/h2-6,8H,7,9H2,1H3,(H,15,19)(H,17,18). The molecule has 0 saturated carbocycles. The number of carbonyl (C=O) groups excluding carboxylic acids is 2. The van der Waals surface area contributed by atoms with Gasteiger partial charge in [-0.05, 0) is 17.0 Å². The molecule has 0 fully saturated rings. The maximum absolute atomic E-state index is 11.7. The maximum atomic E-state index is 11.7. The van der Waals surface area contributed by atoms with Crippen LogP contribution in [0.1, 0.15) is 5.56 Å². The summed E-state index contributed by atoms with van der Waals surface area (Å²) >= 11 is 0. The fourth-order valence-electron chi connectivity index (χ4n) is 1.76. The largest absolute Gasteiger partial charge is 0.358 e. The highest BCUT2D eigenvalue weighted by Gasteiger charge is 2.06. The second-order valence-corrected chi connectivity index (χ2v) is 4.18. The van der Waals surface area contributed by atoms with Crippen molar-refractivity contribution in [3.05, 3.63) is 42.2 Å². The molecular formula is C14H15N3O2. The van der Waals surface area contributed by atoms with Gasteiger partial charge in [0.1, 0.15) is 0 Å². The first-order valence-corrected chi connectivity index (χ1v) is 5.99. The molecule has 0 atom stereocenters. The van der Waals surface area contributed by atoms with Crippen LogP contribution in [0.15, 0.2) is 36.7 Å². The number of nitrogens with one attached hydrogen (secondary N) is 2. The van der Waals surface area contributed by atoms with Gasteiger partial charge in [-0.1, -0.05) is 18.2 Å². The van der Waals surface area contributed by atoms with Gasteiger partial charge in [-0.25, -0.2) is 0 Å². The molecule has 0 spiro atoms. The van der Waals surface area contributed by atoms with Gasteiger partial charge >= 0.3 is 0 Å². The highest BCUT2D eigenvalue weighted by molar-refractivity contribution is 5.87. The average Bonchev–Trinajstić information content (AvgIpc) is 2.44. The summed E-state index contributed by atoms with van der Waals surface area (Å²) in [4.78, 5) is 26.7. The van der Waals surface area contributed by atoms with E-state index >= 15 is 0 Å². The van der Waals surface area contributed by atoms with E-state index < -0.39 is 0 Å². The molecule has 0 bridgehead atoms. The number of nitrogens with zero attached hydrogens (tertiary/aromatic N) is 1. The van der Waals surface area contributed by atoms with Gasteiger partial charge in [-0.3, -0.25) is 14.6 Å². The molecule has 0 aliphatic heterocycles. The van der Waals surface area contributed by atoms with Crippen LogP contribution in [-0.4, -0.2) is 30.4 Å². The zero-order valence-corrected chi connectivity index (χ0v) is 10.6. The summed E-state index contributed by atoms with van der Waals surface area (Å²) in [6.45, 7) is 0.00678. The number of benzene rings is 1. The first-order chi connectivity index (χ1) is 9.19. The van der Waals surface area contributed by atoms with Crippen molar-refractivity contribution in [3.63, 3.8) is 0 Å². The van der Waals surface area contributed by atoms with Crippen molar-refractivity contribution in [2.45, 2.75) is 6.42 Å². The summed E-state index contributed by atoms with van der Waals surface area (Å²) < 4.78 is 0. The van der Waals surface area contributed by atoms with Gasteiger partial charge in [0.15, 0.2) is 0 Å². The quantitative estimate of drug-likeness (QED) is 0.844. The lowest BCUT2D eigenvalue weighted by Crippen LogP contribution is -2.35. The SMILES string of the molecule is CNC(=O)CNC(=O)Cc1ccc2cnccc2c1. The number of fused-ring (bicyclic) bond motifs is 1. The van der Waals surface area contributed by atoms with Crippen LogP contribution < -0.4 is 10.6 Å². The van der Waals surface area contributed by atoms with Gasteiger partial charge in [0.2, 0.25) is 11.8 Å². The molecule has 19 heavy (non-hydrogen) atoms. The van der Waals surface area contributed by atoms with Crippen LogP contribution in [0.5, 0.6) is 0 Å². The van der Waals surface area contributed by atoms with Gasteiger partial charge in [0, 0.05) is 24.8 Å². The number of pyridine rings is 1. The third-order valence-corrected chi connectivity index (χ3v) is 2.79. The summed E-state index contributed by atoms with van der Waals surface area (Å²) in [6, 6.07) is 7.69. The molecule has 0 radical (unpaired) electrons. The highest BCUT2D eigenvalue weighted by Crippen LogP contribution is 2.14. The van der Waals surface area contributed by atoms with Crippen LogP contribution in [0.2, 0.25) is 0 Å². The molecule has 0 aliphatic carbocycles. The Morgan fingerprint density at radius 3 is 2.79 bits per heavy atom. The van der Waals surface area contributed by atoms with Gasteiger partial charge in [0.25, 0.3) is 0 Å². The molecule has 1 aromatic heterocycles. The van der Waals surface area contributed by atoms with E-state index in [1.165, 1.54) is 7.05 Å². The average molecular weight is 257 g/mol. The predicted octanol–water partition coefficient (Wildman–Crippen LogP) is 0.639. The molecular weight excluding hydrogens is 242 g/mol. The van der Waals surface area contributed by atoms with Crippen molar-refractivity contribution in [2.75, 3.05) is 13.6 Å². The summed E-state index contributed by atoms with van der Waals surface area (Å²) in [6.07, 6.45) is 3.76. The Bertz CT molecular complexity index is 610. The van der Waals surface area contributed by atoms with Crippen LogP contribution in [0.25, 0.3) is 10.8 Å².